The number of carbonyl (C=O) groups excluding carboxylic acids is 4. The molecule has 0 saturated carbocycles. The Labute approximate surface area is 357 Å². The van der Waals surface area contributed by atoms with Crippen molar-refractivity contribution in [3.8, 4) is 11.5 Å². The molecule has 2 N–H and O–H groups in total. The van der Waals surface area contributed by atoms with Gasteiger partial charge in [0.25, 0.3) is 23.6 Å². The van der Waals surface area contributed by atoms with E-state index in [1.54, 1.807) is 67.6 Å². The van der Waals surface area contributed by atoms with Gasteiger partial charge in [0.2, 0.25) is 0 Å². The number of benzene rings is 4. The fourth-order valence-corrected chi connectivity index (χ4v) is 7.70. The quantitative estimate of drug-likeness (QED) is 0.152. The minimum atomic E-state index is -1.17. The Morgan fingerprint density at radius 3 is 1.31 bits per heavy atom. The first-order chi connectivity index (χ1) is 27.5. The Morgan fingerprint density at radius 2 is 0.983 bits per heavy atom. The van der Waals surface area contributed by atoms with Gasteiger partial charge in [-0.3, -0.25) is 34.2 Å². The molecule has 0 spiro atoms. The van der Waals surface area contributed by atoms with Crippen LogP contribution in [0.15, 0.2) is 72.8 Å². The third kappa shape index (κ3) is 13.2. The zero-order valence-electron chi connectivity index (χ0n) is 36.9. The molecule has 4 amide bonds. The van der Waals surface area contributed by atoms with E-state index < -0.39 is 27.8 Å². The number of hydrogen-bond acceptors (Lipinski definition) is 8. The molecule has 0 radical (unpaired) electrons. The van der Waals surface area contributed by atoms with Crippen LogP contribution in [0.5, 0.6) is 11.5 Å². The number of thioether (sulfide) groups is 1. The Morgan fingerprint density at radius 1 is 0.627 bits per heavy atom. The first-order valence-corrected chi connectivity index (χ1v) is 22.2. The van der Waals surface area contributed by atoms with Crippen molar-refractivity contribution in [1.29, 1.82) is 0 Å². The van der Waals surface area contributed by atoms with Gasteiger partial charge >= 0.3 is 0 Å². The molecule has 0 aliphatic rings. The molecule has 0 bridgehead atoms. The van der Waals surface area contributed by atoms with E-state index in [1.807, 2.05) is 106 Å². The van der Waals surface area contributed by atoms with Crippen LogP contribution in [-0.4, -0.2) is 75.7 Å². The number of amides is 4. The van der Waals surface area contributed by atoms with E-state index in [0.29, 0.717) is 45.1 Å². The molecule has 4 aromatic carbocycles. The molecule has 0 fully saturated rings. The van der Waals surface area contributed by atoms with Gasteiger partial charge in [-0.05, 0) is 124 Å². The van der Waals surface area contributed by atoms with Gasteiger partial charge < -0.3 is 9.47 Å². The summed E-state index contributed by atoms with van der Waals surface area (Å²) in [6, 6.07) is 21.7. The lowest BCUT2D eigenvalue weighted by Gasteiger charge is -2.36. The second kappa shape index (κ2) is 20.7. The van der Waals surface area contributed by atoms with E-state index in [4.69, 9.17) is 9.47 Å². The van der Waals surface area contributed by atoms with Crippen LogP contribution in [0.4, 0.5) is 0 Å². The van der Waals surface area contributed by atoms with Crippen molar-refractivity contribution in [2.75, 3.05) is 26.7 Å². The number of nitrogens with one attached hydrogen (secondary N) is 2. The van der Waals surface area contributed by atoms with Crippen LogP contribution >= 0.6 is 11.8 Å². The summed E-state index contributed by atoms with van der Waals surface area (Å²) in [5, 5.41) is 2.75. The minimum absolute atomic E-state index is 0.174. The fraction of sp³-hybridized carbons (Fsp3) is 0.391. The van der Waals surface area contributed by atoms with E-state index in [-0.39, 0.29) is 23.5 Å². The number of ether oxygens (including phenoxy) is 2. The maximum atomic E-state index is 13.3. The molecule has 4 aromatic rings. The van der Waals surface area contributed by atoms with E-state index in [9.17, 15) is 23.4 Å². The zero-order chi connectivity index (χ0) is 44.4. The molecule has 13 heteroatoms. The van der Waals surface area contributed by atoms with E-state index in [0.717, 1.165) is 27.8 Å². The third-order valence-electron chi connectivity index (χ3n) is 8.94. The predicted molar refractivity (Wildman–Crippen MR) is 240 cm³/mol. The van der Waals surface area contributed by atoms with Crippen LogP contribution in [-0.2, 0) is 22.3 Å². The van der Waals surface area contributed by atoms with Gasteiger partial charge in [0.15, 0.2) is 0 Å². The van der Waals surface area contributed by atoms with Crippen molar-refractivity contribution >= 4 is 46.2 Å². The maximum Gasteiger partial charge on any atom is 0.272 e. The van der Waals surface area contributed by atoms with Gasteiger partial charge in [0.1, 0.15) is 11.5 Å². The molecule has 0 aliphatic heterocycles. The molecule has 1 atom stereocenters. The van der Waals surface area contributed by atoms with Crippen molar-refractivity contribution in [3.63, 3.8) is 0 Å². The highest BCUT2D eigenvalue weighted by molar-refractivity contribution is 7.97. The van der Waals surface area contributed by atoms with Crippen molar-refractivity contribution in [3.05, 3.63) is 128 Å². The van der Waals surface area contributed by atoms with E-state index in [2.05, 4.69) is 10.9 Å². The number of hydrazine groups is 2. The average Bonchev–Trinajstić information content (AvgIpc) is 3.13. The number of carbonyl (C=O) groups is 4. The topological polar surface area (TPSA) is 134 Å². The number of methoxy groups -OCH3 is 2. The Hall–Kier alpha value is -5.14. The van der Waals surface area contributed by atoms with Gasteiger partial charge in [-0.25, -0.2) is 10.0 Å². The van der Waals surface area contributed by atoms with Crippen molar-refractivity contribution in [2.24, 2.45) is 0 Å². The van der Waals surface area contributed by atoms with Gasteiger partial charge in [-0.2, -0.15) is 11.8 Å². The molecule has 0 saturated heterocycles. The van der Waals surface area contributed by atoms with Crippen LogP contribution in [0.3, 0.4) is 0 Å². The predicted octanol–water partition coefficient (Wildman–Crippen LogP) is 8.54. The molecular formula is C46H60N4O7S2. The van der Waals surface area contributed by atoms with Gasteiger partial charge in [0.05, 0.1) is 31.1 Å². The molecule has 0 aromatic heterocycles. The summed E-state index contributed by atoms with van der Waals surface area (Å²) in [5.74, 6) is 0.622. The average molecular weight is 845 g/mol. The second-order valence-electron chi connectivity index (χ2n) is 16.4. The van der Waals surface area contributed by atoms with Crippen molar-refractivity contribution < 1.29 is 32.9 Å². The summed E-state index contributed by atoms with van der Waals surface area (Å²) in [7, 11) is 1.92. The number of aryl methyl sites for hydroxylation is 4. The summed E-state index contributed by atoms with van der Waals surface area (Å²) in [6.45, 7) is 19.0. The molecule has 318 valence electrons. The monoisotopic (exact) mass is 844 g/mol. The zero-order valence-corrected chi connectivity index (χ0v) is 38.5. The summed E-state index contributed by atoms with van der Waals surface area (Å²) >= 11 is 1.61. The van der Waals surface area contributed by atoms with Crippen LogP contribution in [0.25, 0.3) is 0 Å². The summed E-state index contributed by atoms with van der Waals surface area (Å²) in [6.07, 6.45) is 3.54. The smallest absolute Gasteiger partial charge is 0.272 e. The van der Waals surface area contributed by atoms with Gasteiger partial charge in [0, 0.05) is 56.2 Å². The van der Waals surface area contributed by atoms with Gasteiger partial charge in [-0.15, -0.1) is 0 Å². The number of nitrogens with zero attached hydrogens (tertiary/aromatic N) is 2. The van der Waals surface area contributed by atoms with E-state index >= 15 is 0 Å². The largest absolute Gasteiger partial charge is 0.496 e. The SMILES string of the molecule is COc1cccc(C(=O)NN(C(=O)c2cc(C)cc(C)c2)C(C)(C)C)c1CS(C)=O.COc1cccc(C(=O)NN(C(=O)c2cc(C)cc(C)c2)C(C)(C)C)c1CSC. The first kappa shape index (κ1) is 48.2. The molecule has 11 nitrogen and oxygen atoms in total. The van der Waals surface area contributed by atoms with Gasteiger partial charge in [-0.1, -0.05) is 46.5 Å². The molecule has 1 unspecified atom stereocenters. The highest BCUT2D eigenvalue weighted by Crippen LogP contribution is 2.28. The maximum absolute atomic E-state index is 13.3. The highest BCUT2D eigenvalue weighted by atomic mass is 32.2. The highest BCUT2D eigenvalue weighted by Gasteiger charge is 2.32. The lowest BCUT2D eigenvalue weighted by molar-refractivity contribution is 0.0356. The van der Waals surface area contributed by atoms with Crippen LogP contribution in [0, 0.1) is 27.7 Å². The van der Waals surface area contributed by atoms with Crippen molar-refractivity contribution in [2.45, 2.75) is 91.8 Å². The Kier molecular flexibility index (Phi) is 16.9. The third-order valence-corrected chi connectivity index (χ3v) is 10.2. The van der Waals surface area contributed by atoms with E-state index in [1.165, 1.54) is 17.1 Å². The normalized spacial score (nSPS) is 11.7. The molecule has 0 heterocycles. The summed E-state index contributed by atoms with van der Waals surface area (Å²) in [4.78, 5) is 52.9. The lowest BCUT2D eigenvalue weighted by atomic mass is 10.0. The molecule has 0 aliphatic carbocycles. The van der Waals surface area contributed by atoms with Crippen LogP contribution in [0.1, 0.15) is 116 Å². The number of rotatable bonds is 10. The number of hydrogen-bond donors (Lipinski definition) is 2. The standard InChI is InChI=1S/C23H30N2O4S.C23H30N2O3S/c1-15-11-16(2)13-17(12-15)22(27)25(23(3,4)5)24-21(26)18-9-8-10-20(29-6)19(18)14-30(7)28;1-15-11-16(2)13-17(12-15)22(27)25(23(3,4)5)24-21(26)18-9-8-10-20(28-6)19(18)14-29-7/h8-13H,14H2,1-7H3,(H,24,26);8-13H,14H2,1-7H3,(H,24,26). The minimum Gasteiger partial charge on any atom is -0.496 e. The molecule has 59 heavy (non-hydrogen) atoms. The van der Waals surface area contributed by atoms with Crippen molar-refractivity contribution in [1.82, 2.24) is 20.9 Å². The Bertz CT molecular complexity index is 2150. The first-order valence-electron chi connectivity index (χ1n) is 19.1. The summed E-state index contributed by atoms with van der Waals surface area (Å²) < 4.78 is 22.6. The molecular weight excluding hydrogens is 785 g/mol. The molecule has 4 rings (SSSR count). The Balaban J connectivity index is 0.000000316. The fourth-order valence-electron chi connectivity index (χ4n) is 6.41. The lowest BCUT2D eigenvalue weighted by Crippen LogP contribution is -2.56. The second-order valence-corrected chi connectivity index (χ2v) is 18.7. The summed E-state index contributed by atoms with van der Waals surface area (Å²) in [5.41, 5.74) is 11.5. The van der Waals surface area contributed by atoms with Crippen LogP contribution < -0.4 is 20.3 Å². The van der Waals surface area contributed by atoms with Crippen LogP contribution in [0.2, 0.25) is 0 Å².